The van der Waals surface area contributed by atoms with Crippen molar-refractivity contribution < 1.29 is 38.6 Å². The Labute approximate surface area is 231 Å². The van der Waals surface area contributed by atoms with Crippen molar-refractivity contribution in [2.75, 3.05) is 7.11 Å². The van der Waals surface area contributed by atoms with Crippen molar-refractivity contribution in [3.63, 3.8) is 0 Å². The average molecular weight is 549 g/mol. The molecule has 0 aliphatic carbocycles. The number of hydrogen-bond acceptors (Lipinski definition) is 7. The van der Waals surface area contributed by atoms with E-state index in [0.29, 0.717) is 5.56 Å². The number of benzene rings is 3. The summed E-state index contributed by atoms with van der Waals surface area (Å²) in [6.07, 6.45) is -1.24. The molecular weight excluding hydrogens is 516 g/mol. The lowest BCUT2D eigenvalue weighted by molar-refractivity contribution is -0.153. The van der Waals surface area contributed by atoms with Gasteiger partial charge >= 0.3 is 17.9 Å². The number of nitrogens with one attached hydrogen (secondary N) is 1. The van der Waals surface area contributed by atoms with Crippen molar-refractivity contribution in [3.8, 4) is 0 Å². The molecule has 0 saturated heterocycles. The number of hydrogen-bond donors (Lipinski definition) is 3. The maximum Gasteiger partial charge on any atom is 0.328 e. The molecule has 3 aromatic carbocycles. The summed E-state index contributed by atoms with van der Waals surface area (Å²) in [5, 5.41) is 13.7. The Morgan fingerprint density at radius 1 is 0.950 bits per heavy atom. The van der Waals surface area contributed by atoms with Crippen LogP contribution in [0.15, 0.2) is 66.7 Å². The smallest absolute Gasteiger partial charge is 0.328 e. The molecule has 0 fully saturated rings. The normalized spacial score (nSPS) is 12.2. The number of ether oxygens (including phenoxy) is 2. The first kappa shape index (κ1) is 29.8. The van der Waals surface area contributed by atoms with Crippen LogP contribution in [-0.4, -0.2) is 54.1 Å². The minimum absolute atomic E-state index is 0.0185. The van der Waals surface area contributed by atoms with Crippen LogP contribution in [0.25, 0.3) is 10.8 Å². The second-order valence-corrected chi connectivity index (χ2v) is 9.34. The number of carbonyl (C=O) groups is 5. The van der Waals surface area contributed by atoms with Crippen molar-refractivity contribution in [1.29, 1.82) is 0 Å². The van der Waals surface area contributed by atoms with Crippen molar-refractivity contribution in [3.05, 3.63) is 83.4 Å². The maximum absolute atomic E-state index is 13.3. The number of carboxylic acid groups (broad SMARTS) is 1. The minimum Gasteiger partial charge on any atom is -0.481 e. The molecular formula is C30H32N2O8. The molecule has 3 aromatic rings. The Bertz CT molecular complexity index is 1390. The number of fused-ring (bicyclic) bond motifs is 1. The van der Waals surface area contributed by atoms with Gasteiger partial charge in [0.25, 0.3) is 5.91 Å². The maximum atomic E-state index is 13.3. The summed E-state index contributed by atoms with van der Waals surface area (Å²) in [6.45, 7) is 0. The van der Waals surface area contributed by atoms with Crippen LogP contribution in [0.3, 0.4) is 0 Å². The Morgan fingerprint density at radius 2 is 1.65 bits per heavy atom. The number of amides is 2. The quantitative estimate of drug-likeness (QED) is 0.259. The van der Waals surface area contributed by atoms with E-state index in [1.165, 1.54) is 13.2 Å². The molecule has 0 radical (unpaired) electrons. The van der Waals surface area contributed by atoms with Crippen LogP contribution in [-0.2, 0) is 41.5 Å². The van der Waals surface area contributed by atoms with E-state index >= 15 is 0 Å². The largest absolute Gasteiger partial charge is 0.481 e. The van der Waals surface area contributed by atoms with E-state index in [4.69, 9.17) is 20.3 Å². The molecule has 2 amide bonds. The van der Waals surface area contributed by atoms with Gasteiger partial charge in [-0.15, -0.1) is 0 Å². The standard InChI is InChI=1S/C30H32N2O8/c1-39-28(36)17-22-9-4-5-10-24(22)29(37)32-25(11-6-12-27(34)35)30(38)40-23(18-26(31)33)16-19-13-14-20-7-2-3-8-21(20)15-19/h2-5,7-10,13-15,23,25H,6,11-12,16-18H2,1H3,(H2,31,33)(H,32,37)(H,34,35)/t23-,25-/m0/s1. The lowest BCUT2D eigenvalue weighted by Crippen LogP contribution is -2.44. The van der Waals surface area contributed by atoms with E-state index in [-0.39, 0.29) is 44.1 Å². The third kappa shape index (κ3) is 8.93. The molecule has 2 atom stereocenters. The van der Waals surface area contributed by atoms with Gasteiger partial charge in [-0.25, -0.2) is 4.79 Å². The molecule has 4 N–H and O–H groups in total. The number of carbonyl (C=O) groups excluding carboxylic acids is 4. The lowest BCUT2D eigenvalue weighted by atomic mass is 10.0. The van der Waals surface area contributed by atoms with Gasteiger partial charge in [-0.3, -0.25) is 19.2 Å². The van der Waals surface area contributed by atoms with Gasteiger partial charge in [-0.1, -0.05) is 60.7 Å². The molecule has 10 nitrogen and oxygen atoms in total. The average Bonchev–Trinajstić information content (AvgIpc) is 2.92. The van der Waals surface area contributed by atoms with Gasteiger partial charge in [-0.05, 0) is 40.8 Å². The summed E-state index contributed by atoms with van der Waals surface area (Å²) in [5.41, 5.74) is 6.80. The fourth-order valence-corrected chi connectivity index (χ4v) is 4.32. The second-order valence-electron chi connectivity index (χ2n) is 9.34. The second kappa shape index (κ2) is 14.4. The third-order valence-corrected chi connectivity index (χ3v) is 6.29. The molecule has 3 rings (SSSR count). The number of rotatable bonds is 14. The lowest BCUT2D eigenvalue weighted by Gasteiger charge is -2.23. The molecule has 0 aliphatic rings. The summed E-state index contributed by atoms with van der Waals surface area (Å²) in [7, 11) is 1.24. The highest BCUT2D eigenvalue weighted by molar-refractivity contribution is 5.99. The molecule has 0 aromatic heterocycles. The minimum atomic E-state index is -1.20. The van der Waals surface area contributed by atoms with E-state index in [0.717, 1.165) is 16.3 Å². The number of carboxylic acids is 1. The summed E-state index contributed by atoms with van der Waals surface area (Å²) in [6, 6.07) is 18.6. The molecule has 0 saturated carbocycles. The Hall–Kier alpha value is -4.73. The first-order valence-electron chi connectivity index (χ1n) is 12.8. The van der Waals surface area contributed by atoms with Gasteiger partial charge in [0, 0.05) is 18.4 Å². The molecule has 10 heteroatoms. The van der Waals surface area contributed by atoms with Gasteiger partial charge in [0.1, 0.15) is 12.1 Å². The number of nitrogens with two attached hydrogens (primary N) is 1. The number of esters is 2. The van der Waals surface area contributed by atoms with E-state index in [1.54, 1.807) is 18.2 Å². The summed E-state index contributed by atoms with van der Waals surface area (Å²) < 4.78 is 10.4. The van der Waals surface area contributed by atoms with Crippen LogP contribution in [0.4, 0.5) is 0 Å². The zero-order chi connectivity index (χ0) is 29.1. The fraction of sp³-hybridized carbons (Fsp3) is 0.300. The SMILES string of the molecule is COC(=O)Cc1ccccc1C(=O)N[C@@H](CCCC(=O)O)C(=O)O[C@H](CC(N)=O)Cc1ccc2ccccc2c1. The van der Waals surface area contributed by atoms with Crippen molar-refractivity contribution >= 4 is 40.5 Å². The monoisotopic (exact) mass is 548 g/mol. The predicted molar refractivity (Wildman–Crippen MR) is 146 cm³/mol. The molecule has 0 heterocycles. The van der Waals surface area contributed by atoms with E-state index in [9.17, 15) is 24.0 Å². The molecule has 0 unspecified atom stereocenters. The Balaban J connectivity index is 1.79. The zero-order valence-electron chi connectivity index (χ0n) is 22.1. The van der Waals surface area contributed by atoms with Crippen LogP contribution < -0.4 is 11.1 Å². The van der Waals surface area contributed by atoms with Crippen molar-refractivity contribution in [1.82, 2.24) is 5.32 Å². The predicted octanol–water partition coefficient (Wildman–Crippen LogP) is 2.94. The molecule has 0 bridgehead atoms. The highest BCUT2D eigenvalue weighted by Crippen LogP contribution is 2.19. The first-order valence-corrected chi connectivity index (χ1v) is 12.8. The highest BCUT2D eigenvalue weighted by atomic mass is 16.5. The van der Waals surface area contributed by atoms with Crippen LogP contribution in [0.5, 0.6) is 0 Å². The summed E-state index contributed by atoms with van der Waals surface area (Å²) in [4.78, 5) is 61.1. The number of aliphatic carboxylic acids is 1. The highest BCUT2D eigenvalue weighted by Gasteiger charge is 2.28. The topological polar surface area (TPSA) is 162 Å². The summed E-state index contributed by atoms with van der Waals surface area (Å²) >= 11 is 0. The zero-order valence-corrected chi connectivity index (χ0v) is 22.1. The summed E-state index contributed by atoms with van der Waals surface area (Å²) in [5.74, 6) is -3.72. The molecule has 0 aliphatic heterocycles. The molecule has 40 heavy (non-hydrogen) atoms. The van der Waals surface area contributed by atoms with Gasteiger partial charge in [0.15, 0.2) is 0 Å². The van der Waals surface area contributed by atoms with Gasteiger partial charge in [0.05, 0.1) is 20.0 Å². The van der Waals surface area contributed by atoms with Gasteiger partial charge in [0.2, 0.25) is 5.91 Å². The van der Waals surface area contributed by atoms with Crippen LogP contribution in [0, 0.1) is 0 Å². The third-order valence-electron chi connectivity index (χ3n) is 6.29. The van der Waals surface area contributed by atoms with Crippen LogP contribution in [0.1, 0.15) is 47.2 Å². The van der Waals surface area contributed by atoms with Gasteiger partial charge in [-0.2, -0.15) is 0 Å². The van der Waals surface area contributed by atoms with E-state index in [1.807, 2.05) is 42.5 Å². The fourth-order valence-electron chi connectivity index (χ4n) is 4.32. The van der Waals surface area contributed by atoms with E-state index < -0.39 is 41.9 Å². The van der Waals surface area contributed by atoms with Crippen molar-refractivity contribution in [2.45, 2.75) is 50.7 Å². The Kier molecular flexibility index (Phi) is 10.8. The van der Waals surface area contributed by atoms with Crippen LogP contribution in [0.2, 0.25) is 0 Å². The van der Waals surface area contributed by atoms with Crippen molar-refractivity contribution in [2.24, 2.45) is 5.73 Å². The van der Waals surface area contributed by atoms with Crippen LogP contribution >= 0.6 is 0 Å². The Morgan fingerprint density at radius 3 is 2.35 bits per heavy atom. The molecule has 210 valence electrons. The number of methoxy groups -OCH3 is 1. The first-order chi connectivity index (χ1) is 19.2. The van der Waals surface area contributed by atoms with E-state index in [2.05, 4.69) is 5.32 Å². The number of primary amides is 1. The van der Waals surface area contributed by atoms with Gasteiger partial charge < -0.3 is 25.6 Å². The molecule has 0 spiro atoms.